The molecule has 3 nitrogen and oxygen atoms in total. The maximum absolute atomic E-state index is 13.2. The van der Waals surface area contributed by atoms with E-state index in [0.717, 1.165) is 31.7 Å². The van der Waals surface area contributed by atoms with Crippen molar-refractivity contribution in [2.45, 2.75) is 18.9 Å². The molecule has 1 saturated heterocycles. The number of piperidine rings is 1. The van der Waals surface area contributed by atoms with E-state index in [2.05, 4.69) is 4.90 Å². The fourth-order valence-electron chi connectivity index (χ4n) is 3.00. The van der Waals surface area contributed by atoms with Crippen LogP contribution >= 0.6 is 11.6 Å². The average molecular weight is 301 g/mol. The predicted octanol–water partition coefficient (Wildman–Crippen LogP) is 2.84. The van der Waals surface area contributed by atoms with Gasteiger partial charge in [0.05, 0.1) is 6.61 Å². The monoisotopic (exact) mass is 300 g/mol. The lowest BCUT2D eigenvalue weighted by Gasteiger charge is -2.38. The predicted molar refractivity (Wildman–Crippen MR) is 79.4 cm³/mol. The van der Waals surface area contributed by atoms with Crippen molar-refractivity contribution in [1.29, 1.82) is 0 Å². The van der Waals surface area contributed by atoms with E-state index in [1.807, 2.05) is 0 Å². The number of likely N-dealkylation sites (tertiary alicyclic amines) is 1. The number of ether oxygens (including phenoxy) is 1. The molecule has 0 bridgehead atoms. The van der Waals surface area contributed by atoms with Gasteiger partial charge in [-0.15, -0.1) is 0 Å². The summed E-state index contributed by atoms with van der Waals surface area (Å²) in [5, 5.41) is 0.453. The molecule has 2 N–H and O–H groups in total. The maximum Gasteiger partial charge on any atom is 0.124 e. The van der Waals surface area contributed by atoms with Gasteiger partial charge >= 0.3 is 0 Å². The van der Waals surface area contributed by atoms with Crippen LogP contribution in [0, 0.1) is 11.7 Å². The molecule has 5 heteroatoms. The average Bonchev–Trinajstić information content (AvgIpc) is 2.43. The smallest absolute Gasteiger partial charge is 0.124 e. The molecule has 20 heavy (non-hydrogen) atoms. The summed E-state index contributed by atoms with van der Waals surface area (Å²) in [4.78, 5) is 2.34. The highest BCUT2D eigenvalue weighted by atomic mass is 35.5. The van der Waals surface area contributed by atoms with E-state index in [1.165, 1.54) is 18.6 Å². The molecule has 0 radical (unpaired) electrons. The second-order valence-corrected chi connectivity index (χ2v) is 5.78. The number of benzene rings is 1. The molecule has 1 aromatic carbocycles. The molecule has 0 spiro atoms. The molecule has 2 atom stereocenters. The van der Waals surface area contributed by atoms with Crippen molar-refractivity contribution in [2.75, 3.05) is 33.4 Å². The standard InChI is InChI=1S/C15H22ClFN2O/c1-20-10-11-3-2-6-19(9-11)15(8-18)13-5-4-12(17)7-14(13)16/h4-5,7,11,15H,2-3,6,8-10,18H2,1H3. The van der Waals surface area contributed by atoms with Gasteiger partial charge in [0.2, 0.25) is 0 Å². The Labute approximate surface area is 124 Å². The SMILES string of the molecule is COCC1CCCN(C(CN)c2ccc(F)cc2Cl)C1. The molecule has 1 fully saturated rings. The Morgan fingerprint density at radius 2 is 2.35 bits per heavy atom. The molecular formula is C15H22ClFN2O. The van der Waals surface area contributed by atoms with Crippen LogP contribution in [0.5, 0.6) is 0 Å². The first-order chi connectivity index (χ1) is 9.65. The van der Waals surface area contributed by atoms with E-state index in [0.29, 0.717) is 17.5 Å². The van der Waals surface area contributed by atoms with E-state index in [1.54, 1.807) is 13.2 Å². The van der Waals surface area contributed by atoms with Crippen molar-refractivity contribution in [1.82, 2.24) is 4.90 Å². The van der Waals surface area contributed by atoms with Crippen molar-refractivity contribution in [3.63, 3.8) is 0 Å². The van der Waals surface area contributed by atoms with Gasteiger partial charge < -0.3 is 10.5 Å². The summed E-state index contributed by atoms with van der Waals surface area (Å²) in [6.45, 7) is 3.19. The Morgan fingerprint density at radius 1 is 1.55 bits per heavy atom. The van der Waals surface area contributed by atoms with Crippen molar-refractivity contribution >= 4 is 11.6 Å². The third-order valence-corrected chi connectivity index (χ3v) is 4.27. The van der Waals surface area contributed by atoms with Crippen LogP contribution in [0.4, 0.5) is 4.39 Å². The van der Waals surface area contributed by atoms with E-state index in [4.69, 9.17) is 22.1 Å². The normalized spacial score (nSPS) is 21.9. The van der Waals surface area contributed by atoms with Crippen LogP contribution in [0.3, 0.4) is 0 Å². The van der Waals surface area contributed by atoms with Gasteiger partial charge in [-0.25, -0.2) is 4.39 Å². The molecule has 0 aromatic heterocycles. The Balaban J connectivity index is 2.14. The first kappa shape index (κ1) is 15.7. The Kier molecular flexibility index (Phi) is 5.78. The van der Waals surface area contributed by atoms with E-state index in [9.17, 15) is 4.39 Å². The number of nitrogens with two attached hydrogens (primary N) is 1. The molecule has 0 saturated carbocycles. The van der Waals surface area contributed by atoms with Gasteiger partial charge in [-0.05, 0) is 43.0 Å². The maximum atomic E-state index is 13.2. The minimum absolute atomic E-state index is 0.0442. The van der Waals surface area contributed by atoms with E-state index in [-0.39, 0.29) is 11.9 Å². The second-order valence-electron chi connectivity index (χ2n) is 5.38. The van der Waals surface area contributed by atoms with Gasteiger partial charge in [-0.2, -0.15) is 0 Å². The van der Waals surface area contributed by atoms with Gasteiger partial charge in [0.1, 0.15) is 5.82 Å². The van der Waals surface area contributed by atoms with Crippen LogP contribution in [0.25, 0.3) is 0 Å². The summed E-state index contributed by atoms with van der Waals surface area (Å²) >= 11 is 6.17. The van der Waals surface area contributed by atoms with E-state index < -0.39 is 0 Å². The number of nitrogens with zero attached hydrogens (tertiary/aromatic N) is 1. The summed E-state index contributed by atoms with van der Waals surface area (Å²) in [6, 6.07) is 4.59. The van der Waals surface area contributed by atoms with Crippen LogP contribution in [0.2, 0.25) is 5.02 Å². The largest absolute Gasteiger partial charge is 0.384 e. The first-order valence-corrected chi connectivity index (χ1v) is 7.41. The molecule has 2 unspecified atom stereocenters. The van der Waals surface area contributed by atoms with Gasteiger partial charge in [0, 0.05) is 31.3 Å². The van der Waals surface area contributed by atoms with Crippen LogP contribution in [-0.4, -0.2) is 38.3 Å². The highest BCUT2D eigenvalue weighted by molar-refractivity contribution is 6.31. The Hall–Kier alpha value is -0.680. The number of hydrogen-bond donors (Lipinski definition) is 1. The van der Waals surface area contributed by atoms with Crippen molar-refractivity contribution in [3.8, 4) is 0 Å². The molecule has 1 heterocycles. The first-order valence-electron chi connectivity index (χ1n) is 7.03. The van der Waals surface area contributed by atoms with Crippen LogP contribution < -0.4 is 5.73 Å². The topological polar surface area (TPSA) is 38.5 Å². The van der Waals surface area contributed by atoms with Crippen LogP contribution in [0.15, 0.2) is 18.2 Å². The molecule has 112 valence electrons. The number of halogens is 2. The van der Waals surface area contributed by atoms with Gasteiger partial charge in [0.25, 0.3) is 0 Å². The summed E-state index contributed by atoms with van der Waals surface area (Å²) < 4.78 is 18.4. The zero-order chi connectivity index (χ0) is 14.5. The number of hydrogen-bond acceptors (Lipinski definition) is 3. The lowest BCUT2D eigenvalue weighted by atomic mass is 9.95. The highest BCUT2D eigenvalue weighted by Crippen LogP contribution is 2.31. The fourth-order valence-corrected chi connectivity index (χ4v) is 3.29. The van der Waals surface area contributed by atoms with Crippen LogP contribution in [-0.2, 0) is 4.74 Å². The van der Waals surface area contributed by atoms with Gasteiger partial charge in [-0.3, -0.25) is 4.90 Å². The van der Waals surface area contributed by atoms with Gasteiger partial charge in [0.15, 0.2) is 0 Å². The minimum atomic E-state index is -0.314. The molecule has 0 amide bonds. The molecule has 1 aromatic rings. The Morgan fingerprint density at radius 3 is 3.00 bits per heavy atom. The van der Waals surface area contributed by atoms with Gasteiger partial charge in [-0.1, -0.05) is 17.7 Å². The minimum Gasteiger partial charge on any atom is -0.384 e. The van der Waals surface area contributed by atoms with Crippen molar-refractivity contribution in [3.05, 3.63) is 34.6 Å². The molecule has 1 aliphatic heterocycles. The van der Waals surface area contributed by atoms with Crippen molar-refractivity contribution in [2.24, 2.45) is 11.7 Å². The quantitative estimate of drug-likeness (QED) is 0.909. The summed E-state index contributed by atoms with van der Waals surface area (Å²) in [6.07, 6.45) is 2.31. The van der Waals surface area contributed by atoms with E-state index >= 15 is 0 Å². The fraction of sp³-hybridized carbons (Fsp3) is 0.600. The molecular weight excluding hydrogens is 279 g/mol. The zero-order valence-electron chi connectivity index (χ0n) is 11.8. The Bertz CT molecular complexity index is 442. The number of methoxy groups -OCH3 is 1. The summed E-state index contributed by atoms with van der Waals surface area (Å²) in [5.74, 6) is 0.215. The summed E-state index contributed by atoms with van der Waals surface area (Å²) in [5.41, 5.74) is 6.85. The third kappa shape index (κ3) is 3.70. The second kappa shape index (κ2) is 7.36. The zero-order valence-corrected chi connectivity index (χ0v) is 12.6. The molecule has 2 rings (SSSR count). The van der Waals surface area contributed by atoms with Crippen LogP contribution in [0.1, 0.15) is 24.4 Å². The summed E-state index contributed by atoms with van der Waals surface area (Å²) in [7, 11) is 1.73. The lowest BCUT2D eigenvalue weighted by molar-refractivity contribution is 0.0697. The highest BCUT2D eigenvalue weighted by Gasteiger charge is 2.27. The number of rotatable bonds is 5. The van der Waals surface area contributed by atoms with Crippen molar-refractivity contribution < 1.29 is 9.13 Å². The third-order valence-electron chi connectivity index (χ3n) is 3.94. The molecule has 1 aliphatic rings. The molecule has 0 aliphatic carbocycles. The lowest BCUT2D eigenvalue weighted by Crippen LogP contribution is -2.42.